The topological polar surface area (TPSA) is 113 Å². The molecule has 9 heteroatoms. The van der Waals surface area contributed by atoms with Gasteiger partial charge in [-0.05, 0) is 49.3 Å². The SMILES string of the molecule is C[C@@H]1[C@H](C)CCC[C@H]1NC(=O)COC(=O)c1cc(S(=O)(=O)N2CCCC2)ccc1O. The minimum atomic E-state index is -3.74. The van der Waals surface area contributed by atoms with Crippen LogP contribution < -0.4 is 5.32 Å². The summed E-state index contributed by atoms with van der Waals surface area (Å²) in [5.74, 6) is -0.880. The minimum Gasteiger partial charge on any atom is -0.507 e. The van der Waals surface area contributed by atoms with Gasteiger partial charge in [-0.1, -0.05) is 26.7 Å². The van der Waals surface area contributed by atoms with Crippen LogP contribution in [0.25, 0.3) is 0 Å². The molecule has 1 saturated carbocycles. The monoisotopic (exact) mass is 438 g/mol. The lowest BCUT2D eigenvalue weighted by Gasteiger charge is -2.34. The molecule has 30 heavy (non-hydrogen) atoms. The quantitative estimate of drug-likeness (QED) is 0.659. The normalized spacial score (nSPS) is 25.1. The highest BCUT2D eigenvalue weighted by Crippen LogP contribution is 2.29. The number of ether oxygens (including phenoxy) is 1. The van der Waals surface area contributed by atoms with Crippen LogP contribution in [0.1, 0.15) is 56.3 Å². The van der Waals surface area contributed by atoms with Crippen molar-refractivity contribution in [3.63, 3.8) is 0 Å². The Morgan fingerprint density at radius 1 is 1.17 bits per heavy atom. The largest absolute Gasteiger partial charge is 0.507 e. The lowest BCUT2D eigenvalue weighted by molar-refractivity contribution is -0.125. The fraction of sp³-hybridized carbons (Fsp3) is 0.619. The second-order valence-corrected chi connectivity index (χ2v) is 10.2. The number of nitrogens with one attached hydrogen (secondary N) is 1. The third-order valence-corrected chi connectivity index (χ3v) is 8.17. The summed E-state index contributed by atoms with van der Waals surface area (Å²) in [6.07, 6.45) is 4.66. The molecule has 3 atom stereocenters. The van der Waals surface area contributed by atoms with Crippen molar-refractivity contribution in [1.82, 2.24) is 9.62 Å². The average Bonchev–Trinajstić information content (AvgIpc) is 3.25. The summed E-state index contributed by atoms with van der Waals surface area (Å²) in [7, 11) is -3.74. The number of rotatable bonds is 6. The molecule has 2 aliphatic rings. The van der Waals surface area contributed by atoms with Gasteiger partial charge in [0.15, 0.2) is 6.61 Å². The van der Waals surface area contributed by atoms with Gasteiger partial charge in [0.1, 0.15) is 11.3 Å². The molecule has 1 aromatic carbocycles. The minimum absolute atomic E-state index is 0.0438. The number of carbonyl (C=O) groups excluding carboxylic acids is 2. The zero-order chi connectivity index (χ0) is 21.9. The summed E-state index contributed by atoms with van der Waals surface area (Å²) in [5.41, 5.74) is -0.275. The summed E-state index contributed by atoms with van der Waals surface area (Å²) < 4.78 is 31.8. The molecule has 8 nitrogen and oxygen atoms in total. The Morgan fingerprint density at radius 3 is 2.57 bits per heavy atom. The van der Waals surface area contributed by atoms with E-state index in [9.17, 15) is 23.1 Å². The molecule has 2 N–H and O–H groups in total. The summed E-state index contributed by atoms with van der Waals surface area (Å²) in [4.78, 5) is 24.6. The van der Waals surface area contributed by atoms with E-state index in [-0.39, 0.29) is 16.5 Å². The molecule has 0 spiro atoms. The second-order valence-electron chi connectivity index (χ2n) is 8.31. The molecule has 1 saturated heterocycles. The maximum absolute atomic E-state index is 12.7. The van der Waals surface area contributed by atoms with Crippen molar-refractivity contribution in [2.75, 3.05) is 19.7 Å². The Morgan fingerprint density at radius 2 is 1.87 bits per heavy atom. The van der Waals surface area contributed by atoms with Crippen LogP contribution in [0.3, 0.4) is 0 Å². The van der Waals surface area contributed by atoms with Crippen molar-refractivity contribution in [2.24, 2.45) is 11.8 Å². The number of benzene rings is 1. The molecule has 166 valence electrons. The van der Waals surface area contributed by atoms with Gasteiger partial charge in [-0.25, -0.2) is 13.2 Å². The number of hydrogen-bond acceptors (Lipinski definition) is 6. The molecule has 1 heterocycles. The molecule has 1 aliphatic heterocycles. The maximum Gasteiger partial charge on any atom is 0.342 e. The standard InChI is InChI=1S/C21H30N2O6S/c1-14-6-5-7-18(15(14)2)22-20(25)13-29-21(26)17-12-16(8-9-19(17)24)30(27,28)23-10-3-4-11-23/h8-9,12,14-15,18,24H,3-7,10-11,13H2,1-2H3,(H,22,25)/t14-,15-,18-/m1/s1. The van der Waals surface area contributed by atoms with Gasteiger partial charge in [0, 0.05) is 19.1 Å². The highest BCUT2D eigenvalue weighted by Gasteiger charge is 2.30. The van der Waals surface area contributed by atoms with E-state index in [2.05, 4.69) is 19.2 Å². The van der Waals surface area contributed by atoms with Gasteiger partial charge in [-0.15, -0.1) is 0 Å². The molecule has 2 fully saturated rings. The van der Waals surface area contributed by atoms with Crippen LogP contribution in [-0.4, -0.2) is 55.4 Å². The van der Waals surface area contributed by atoms with Crippen LogP contribution in [0, 0.1) is 11.8 Å². The first-order valence-electron chi connectivity index (χ1n) is 10.5. The number of phenolic OH excluding ortho intramolecular Hbond substituents is 1. The van der Waals surface area contributed by atoms with Gasteiger partial charge in [-0.3, -0.25) is 4.79 Å². The fourth-order valence-corrected chi connectivity index (χ4v) is 5.70. The van der Waals surface area contributed by atoms with E-state index in [1.165, 1.54) is 10.4 Å². The Balaban J connectivity index is 1.63. The van der Waals surface area contributed by atoms with Crippen LogP contribution in [0.5, 0.6) is 5.75 Å². The van der Waals surface area contributed by atoms with Crippen LogP contribution in [-0.2, 0) is 19.6 Å². The predicted octanol–water partition coefficient (Wildman–Crippen LogP) is 2.27. The van der Waals surface area contributed by atoms with Crippen LogP contribution in [0.2, 0.25) is 0 Å². The molecule has 1 aliphatic carbocycles. The van der Waals surface area contributed by atoms with Gasteiger partial charge in [0.25, 0.3) is 5.91 Å². The summed E-state index contributed by atoms with van der Waals surface area (Å²) in [5, 5.41) is 12.9. The predicted molar refractivity (Wildman–Crippen MR) is 110 cm³/mol. The smallest absolute Gasteiger partial charge is 0.342 e. The van der Waals surface area contributed by atoms with E-state index in [4.69, 9.17) is 4.74 Å². The second kappa shape index (κ2) is 9.34. The highest BCUT2D eigenvalue weighted by atomic mass is 32.2. The lowest BCUT2D eigenvalue weighted by atomic mass is 9.78. The molecule has 0 bridgehead atoms. The molecular weight excluding hydrogens is 408 g/mol. The number of sulfonamides is 1. The van der Waals surface area contributed by atoms with Crippen LogP contribution in [0.4, 0.5) is 0 Å². The molecule has 3 rings (SSSR count). The average molecular weight is 439 g/mol. The third kappa shape index (κ3) is 4.95. The van der Waals surface area contributed by atoms with E-state index in [1.807, 2.05) is 0 Å². The zero-order valence-corrected chi connectivity index (χ0v) is 18.3. The maximum atomic E-state index is 12.7. The van der Waals surface area contributed by atoms with Gasteiger partial charge in [-0.2, -0.15) is 4.31 Å². The first-order valence-corrected chi connectivity index (χ1v) is 11.9. The van der Waals surface area contributed by atoms with Crippen molar-refractivity contribution in [2.45, 2.75) is 56.9 Å². The Labute approximate surface area is 177 Å². The van der Waals surface area contributed by atoms with Gasteiger partial charge >= 0.3 is 5.97 Å². The number of carbonyl (C=O) groups is 2. The number of aromatic hydroxyl groups is 1. The van der Waals surface area contributed by atoms with E-state index in [0.29, 0.717) is 24.9 Å². The van der Waals surface area contributed by atoms with Gasteiger partial charge in [0.2, 0.25) is 10.0 Å². The lowest BCUT2D eigenvalue weighted by Crippen LogP contribution is -2.45. The molecule has 0 aromatic heterocycles. The first-order chi connectivity index (χ1) is 14.2. The van der Waals surface area contributed by atoms with E-state index < -0.39 is 34.3 Å². The van der Waals surface area contributed by atoms with Crippen molar-refractivity contribution >= 4 is 21.9 Å². The van der Waals surface area contributed by atoms with Crippen molar-refractivity contribution in [3.8, 4) is 5.75 Å². The fourth-order valence-electron chi connectivity index (χ4n) is 4.16. The number of amides is 1. The summed E-state index contributed by atoms with van der Waals surface area (Å²) in [6, 6.07) is 3.57. The zero-order valence-electron chi connectivity index (χ0n) is 17.5. The molecule has 1 aromatic rings. The highest BCUT2D eigenvalue weighted by molar-refractivity contribution is 7.89. The molecular formula is C21H30N2O6S. The van der Waals surface area contributed by atoms with E-state index >= 15 is 0 Å². The molecule has 0 radical (unpaired) electrons. The van der Waals surface area contributed by atoms with Gasteiger partial charge < -0.3 is 15.2 Å². The number of esters is 1. The van der Waals surface area contributed by atoms with Crippen molar-refractivity contribution in [1.29, 1.82) is 0 Å². The van der Waals surface area contributed by atoms with E-state index in [1.54, 1.807) is 0 Å². The Bertz CT molecular complexity index is 895. The summed E-state index contributed by atoms with van der Waals surface area (Å²) in [6.45, 7) is 4.64. The van der Waals surface area contributed by atoms with Crippen LogP contribution >= 0.6 is 0 Å². The number of nitrogens with zero attached hydrogens (tertiary/aromatic N) is 1. The van der Waals surface area contributed by atoms with Crippen molar-refractivity contribution < 1.29 is 27.9 Å². The number of hydrogen-bond donors (Lipinski definition) is 2. The molecule has 1 amide bonds. The first kappa shape index (κ1) is 22.6. The van der Waals surface area contributed by atoms with Gasteiger partial charge in [0.05, 0.1) is 4.90 Å². The molecule has 0 unspecified atom stereocenters. The Kier molecular flexibility index (Phi) is 7.02. The third-order valence-electron chi connectivity index (χ3n) is 6.28. The Hall–Kier alpha value is -2.13. The number of phenols is 1. The van der Waals surface area contributed by atoms with Crippen molar-refractivity contribution in [3.05, 3.63) is 23.8 Å². The summed E-state index contributed by atoms with van der Waals surface area (Å²) >= 11 is 0. The van der Waals surface area contributed by atoms with Crippen LogP contribution in [0.15, 0.2) is 23.1 Å². The van der Waals surface area contributed by atoms with E-state index in [0.717, 1.165) is 44.2 Å².